The summed E-state index contributed by atoms with van der Waals surface area (Å²) in [6.07, 6.45) is 0.618. The van der Waals surface area contributed by atoms with E-state index in [1.54, 1.807) is 0 Å². The normalized spacial score (nSPS) is 12.0. The highest BCUT2D eigenvalue weighted by Crippen LogP contribution is 2.21. The van der Waals surface area contributed by atoms with Gasteiger partial charge >= 0.3 is 5.97 Å². The van der Waals surface area contributed by atoms with Gasteiger partial charge in [0.25, 0.3) is 0 Å². The molecule has 6 nitrogen and oxygen atoms in total. The minimum atomic E-state index is -0.950. The molecule has 1 heterocycles. The fourth-order valence-corrected chi connectivity index (χ4v) is 2.75. The summed E-state index contributed by atoms with van der Waals surface area (Å²) in [4.78, 5) is 23.4. The maximum atomic E-state index is 12.3. The number of nitrogens with one attached hydrogen (secondary N) is 1. The van der Waals surface area contributed by atoms with Crippen molar-refractivity contribution >= 4 is 11.9 Å². The van der Waals surface area contributed by atoms with Crippen LogP contribution in [0.25, 0.3) is 0 Å². The third-order valence-corrected chi connectivity index (χ3v) is 4.06. The summed E-state index contributed by atoms with van der Waals surface area (Å²) >= 11 is 0. The van der Waals surface area contributed by atoms with Crippen LogP contribution < -0.4 is 5.32 Å². The van der Waals surface area contributed by atoms with Crippen molar-refractivity contribution in [3.8, 4) is 0 Å². The number of aliphatic carboxylic acids is 1. The van der Waals surface area contributed by atoms with Crippen molar-refractivity contribution in [3.05, 3.63) is 52.4 Å². The second-order valence-electron chi connectivity index (χ2n) is 5.88. The lowest BCUT2D eigenvalue weighted by Crippen LogP contribution is -2.30. The summed E-state index contributed by atoms with van der Waals surface area (Å²) in [6, 6.07) is 6.93. The molecule has 1 unspecified atom stereocenters. The SMILES string of the molecule is Cc1ccccc1C(CC(=O)O)NC(=O)CCc1c(C)noc1C. The van der Waals surface area contributed by atoms with Gasteiger partial charge in [-0.15, -0.1) is 0 Å². The molecule has 1 aromatic heterocycles. The van der Waals surface area contributed by atoms with Gasteiger partial charge in [-0.25, -0.2) is 0 Å². The summed E-state index contributed by atoms with van der Waals surface area (Å²) in [5.74, 6) is -0.430. The highest BCUT2D eigenvalue weighted by Gasteiger charge is 2.20. The van der Waals surface area contributed by atoms with E-state index in [1.165, 1.54) is 0 Å². The third-order valence-electron chi connectivity index (χ3n) is 4.06. The van der Waals surface area contributed by atoms with Crippen LogP contribution in [0.15, 0.2) is 28.8 Å². The van der Waals surface area contributed by atoms with Crippen molar-refractivity contribution in [2.75, 3.05) is 0 Å². The topological polar surface area (TPSA) is 92.4 Å². The lowest BCUT2D eigenvalue weighted by atomic mass is 9.98. The van der Waals surface area contributed by atoms with Crippen LogP contribution in [0.3, 0.4) is 0 Å². The number of carboxylic acids is 1. The number of rotatable bonds is 7. The zero-order valence-electron chi connectivity index (χ0n) is 14.1. The molecule has 1 atom stereocenters. The molecule has 1 amide bonds. The third kappa shape index (κ3) is 4.44. The van der Waals surface area contributed by atoms with E-state index in [9.17, 15) is 9.59 Å². The number of carbonyl (C=O) groups excluding carboxylic acids is 1. The summed E-state index contributed by atoms with van der Waals surface area (Å²) in [6.45, 7) is 5.55. The molecule has 2 aromatic rings. The van der Waals surface area contributed by atoms with Crippen molar-refractivity contribution in [3.63, 3.8) is 0 Å². The number of benzene rings is 1. The van der Waals surface area contributed by atoms with E-state index in [4.69, 9.17) is 9.63 Å². The highest BCUT2D eigenvalue weighted by molar-refractivity contribution is 5.78. The fourth-order valence-electron chi connectivity index (χ4n) is 2.75. The van der Waals surface area contributed by atoms with E-state index in [1.807, 2.05) is 45.0 Å². The van der Waals surface area contributed by atoms with E-state index in [0.29, 0.717) is 12.2 Å². The Morgan fingerprint density at radius 3 is 2.54 bits per heavy atom. The fraction of sp³-hybridized carbons (Fsp3) is 0.389. The summed E-state index contributed by atoms with van der Waals surface area (Å²) in [5, 5.41) is 15.8. The van der Waals surface area contributed by atoms with Crippen molar-refractivity contribution in [2.45, 2.75) is 46.1 Å². The molecule has 0 fully saturated rings. The minimum absolute atomic E-state index is 0.151. The molecule has 0 saturated carbocycles. The smallest absolute Gasteiger partial charge is 0.305 e. The van der Waals surface area contributed by atoms with E-state index < -0.39 is 12.0 Å². The Morgan fingerprint density at radius 1 is 1.25 bits per heavy atom. The first-order valence-corrected chi connectivity index (χ1v) is 7.87. The van der Waals surface area contributed by atoms with Gasteiger partial charge < -0.3 is 14.9 Å². The van der Waals surface area contributed by atoms with E-state index in [2.05, 4.69) is 10.5 Å². The number of nitrogens with zero attached hydrogens (tertiary/aromatic N) is 1. The van der Waals surface area contributed by atoms with Crippen LogP contribution in [-0.2, 0) is 16.0 Å². The summed E-state index contributed by atoms with van der Waals surface area (Å²) < 4.78 is 5.09. The van der Waals surface area contributed by atoms with Gasteiger partial charge in [-0.1, -0.05) is 29.4 Å². The Kier molecular flexibility index (Phi) is 5.73. The average molecular weight is 330 g/mol. The van der Waals surface area contributed by atoms with Crippen LogP contribution >= 0.6 is 0 Å². The molecule has 0 bridgehead atoms. The number of amides is 1. The molecular formula is C18H22N2O4. The molecule has 128 valence electrons. The Morgan fingerprint density at radius 2 is 1.96 bits per heavy atom. The highest BCUT2D eigenvalue weighted by atomic mass is 16.5. The molecule has 0 aliphatic heterocycles. The van der Waals surface area contributed by atoms with E-state index in [-0.39, 0.29) is 18.7 Å². The van der Waals surface area contributed by atoms with Gasteiger partial charge in [0.1, 0.15) is 5.76 Å². The van der Waals surface area contributed by atoms with Crippen LogP contribution in [0.1, 0.15) is 47.0 Å². The Balaban J connectivity index is 2.05. The Hall–Kier alpha value is -2.63. The van der Waals surface area contributed by atoms with Gasteiger partial charge in [-0.05, 0) is 38.3 Å². The van der Waals surface area contributed by atoms with Crippen LogP contribution in [0.5, 0.6) is 0 Å². The Bertz CT molecular complexity index is 717. The largest absolute Gasteiger partial charge is 0.481 e. The number of aryl methyl sites for hydroxylation is 3. The van der Waals surface area contributed by atoms with Gasteiger partial charge in [0.15, 0.2) is 0 Å². The predicted molar refractivity (Wildman–Crippen MR) is 88.6 cm³/mol. The molecule has 24 heavy (non-hydrogen) atoms. The molecule has 0 aliphatic carbocycles. The second-order valence-corrected chi connectivity index (χ2v) is 5.88. The van der Waals surface area contributed by atoms with Gasteiger partial charge in [0.05, 0.1) is 18.2 Å². The number of carboxylic acid groups (broad SMARTS) is 1. The van der Waals surface area contributed by atoms with Crippen molar-refractivity contribution in [2.24, 2.45) is 0 Å². The molecule has 0 saturated heterocycles. The van der Waals surface area contributed by atoms with Crippen molar-refractivity contribution in [1.29, 1.82) is 0 Å². The van der Waals surface area contributed by atoms with Crippen molar-refractivity contribution in [1.82, 2.24) is 10.5 Å². The monoisotopic (exact) mass is 330 g/mol. The number of carbonyl (C=O) groups is 2. The second kappa shape index (κ2) is 7.77. The molecule has 2 N–H and O–H groups in total. The first-order valence-electron chi connectivity index (χ1n) is 7.87. The number of hydrogen-bond acceptors (Lipinski definition) is 4. The van der Waals surface area contributed by atoms with Crippen molar-refractivity contribution < 1.29 is 19.2 Å². The lowest BCUT2D eigenvalue weighted by molar-refractivity contribution is -0.137. The first-order chi connectivity index (χ1) is 11.4. The predicted octanol–water partition coefficient (Wildman–Crippen LogP) is 2.86. The first kappa shape index (κ1) is 17.7. The molecule has 0 radical (unpaired) electrons. The molecule has 0 aliphatic rings. The lowest BCUT2D eigenvalue weighted by Gasteiger charge is -2.19. The van der Waals surface area contributed by atoms with Gasteiger partial charge in [0, 0.05) is 12.0 Å². The molecule has 0 spiro atoms. The molecule has 2 rings (SSSR count). The van der Waals surface area contributed by atoms with Crippen LogP contribution in [0, 0.1) is 20.8 Å². The number of aromatic nitrogens is 1. The maximum absolute atomic E-state index is 12.3. The molecule has 1 aromatic carbocycles. The van der Waals surface area contributed by atoms with Crippen LogP contribution in [0.4, 0.5) is 0 Å². The molecular weight excluding hydrogens is 308 g/mol. The van der Waals surface area contributed by atoms with E-state index in [0.717, 1.165) is 22.4 Å². The molecule has 6 heteroatoms. The summed E-state index contributed by atoms with van der Waals surface area (Å²) in [7, 11) is 0. The van der Waals surface area contributed by atoms with Crippen LogP contribution in [0.2, 0.25) is 0 Å². The standard InChI is InChI=1S/C18H22N2O4/c1-11-6-4-5-7-14(11)16(10-18(22)23)19-17(21)9-8-15-12(2)20-24-13(15)3/h4-7,16H,8-10H2,1-3H3,(H,19,21)(H,22,23). The van der Waals surface area contributed by atoms with Gasteiger partial charge in [0.2, 0.25) is 5.91 Å². The maximum Gasteiger partial charge on any atom is 0.305 e. The Labute approximate surface area is 140 Å². The quantitative estimate of drug-likeness (QED) is 0.814. The van der Waals surface area contributed by atoms with Gasteiger partial charge in [-0.2, -0.15) is 0 Å². The zero-order chi connectivity index (χ0) is 17.7. The van der Waals surface area contributed by atoms with Gasteiger partial charge in [-0.3, -0.25) is 9.59 Å². The van der Waals surface area contributed by atoms with Crippen LogP contribution in [-0.4, -0.2) is 22.1 Å². The average Bonchev–Trinajstić information content (AvgIpc) is 2.83. The van der Waals surface area contributed by atoms with E-state index >= 15 is 0 Å². The zero-order valence-corrected chi connectivity index (χ0v) is 14.1. The minimum Gasteiger partial charge on any atom is -0.481 e. The summed E-state index contributed by atoms with van der Waals surface area (Å²) in [5.41, 5.74) is 3.48. The number of hydrogen-bond donors (Lipinski definition) is 2.